The molecule has 0 radical (unpaired) electrons. The van der Waals surface area contributed by atoms with Crippen molar-refractivity contribution in [3.63, 3.8) is 0 Å². The summed E-state index contributed by atoms with van der Waals surface area (Å²) in [6.45, 7) is 5.65. The van der Waals surface area contributed by atoms with E-state index >= 15 is 0 Å². The van der Waals surface area contributed by atoms with Crippen molar-refractivity contribution in [3.05, 3.63) is 102 Å². The van der Waals surface area contributed by atoms with Crippen LogP contribution in [0.2, 0.25) is 0 Å². The minimum absolute atomic E-state index is 0.0683. The monoisotopic (exact) mass is 562 g/mol. The molecule has 214 valence electrons. The molecule has 3 aliphatic heterocycles. The van der Waals surface area contributed by atoms with Crippen LogP contribution in [-0.4, -0.2) is 40.3 Å². The number of benzene rings is 4. The number of anilines is 3. The third kappa shape index (κ3) is 3.70. The van der Waals surface area contributed by atoms with Crippen molar-refractivity contribution >= 4 is 39.6 Å². The minimum Gasteiger partial charge on any atom is -0.396 e. The van der Waals surface area contributed by atoms with E-state index in [9.17, 15) is 19.8 Å². The third-order valence-electron chi connectivity index (χ3n) is 9.37. The van der Waals surface area contributed by atoms with Crippen LogP contribution in [0, 0.1) is 11.8 Å². The molecule has 2 N–H and O–H groups in total. The number of para-hydroxylation sites is 1. The molecule has 1 saturated heterocycles. The largest absolute Gasteiger partial charge is 0.396 e. The Morgan fingerprint density at radius 3 is 2.40 bits per heavy atom. The molecule has 0 aliphatic carbocycles. The lowest BCUT2D eigenvalue weighted by molar-refractivity contribution is -0.146. The number of rotatable bonds is 6. The maximum atomic E-state index is 14.5. The van der Waals surface area contributed by atoms with Gasteiger partial charge in [-0.2, -0.15) is 0 Å². The first-order valence-electron chi connectivity index (χ1n) is 14.5. The van der Waals surface area contributed by atoms with Crippen LogP contribution in [0.25, 0.3) is 10.8 Å². The van der Waals surface area contributed by atoms with Gasteiger partial charge in [0.1, 0.15) is 0 Å². The Hall–Kier alpha value is -4.04. The predicted octanol–water partition coefficient (Wildman–Crippen LogP) is 5.68. The number of hydrogen-bond acceptors (Lipinski definition) is 5. The van der Waals surface area contributed by atoms with Crippen molar-refractivity contribution in [2.24, 2.45) is 11.8 Å². The van der Waals surface area contributed by atoms with Crippen molar-refractivity contribution in [1.29, 1.82) is 0 Å². The van der Waals surface area contributed by atoms with E-state index in [4.69, 9.17) is 4.74 Å². The minimum atomic E-state index is -1.26. The van der Waals surface area contributed by atoms with Gasteiger partial charge in [0.25, 0.3) is 11.8 Å². The molecule has 3 heterocycles. The Bertz CT molecular complexity index is 1740. The molecule has 0 aromatic heterocycles. The smallest absolute Gasteiger partial charge is 0.264 e. The van der Waals surface area contributed by atoms with E-state index in [-0.39, 0.29) is 30.3 Å². The molecule has 7 nitrogen and oxygen atoms in total. The molecule has 4 aromatic carbocycles. The van der Waals surface area contributed by atoms with Crippen LogP contribution < -0.4 is 9.80 Å². The van der Waals surface area contributed by atoms with Crippen molar-refractivity contribution < 1.29 is 24.5 Å². The number of nitrogens with zero attached hydrogens (tertiary/aromatic N) is 2. The van der Waals surface area contributed by atoms with Crippen molar-refractivity contribution in [1.82, 2.24) is 0 Å². The average molecular weight is 563 g/mol. The van der Waals surface area contributed by atoms with Gasteiger partial charge in [0, 0.05) is 35.1 Å². The van der Waals surface area contributed by atoms with Gasteiger partial charge in [-0.15, -0.1) is 0 Å². The summed E-state index contributed by atoms with van der Waals surface area (Å²) in [6, 6.07) is 27.2. The lowest BCUT2D eigenvalue weighted by atomic mass is 9.71. The molecule has 7 heteroatoms. The molecule has 1 fully saturated rings. The number of carbonyl (C=O) groups is 2. The number of hydrogen-bond donors (Lipinski definition) is 2. The number of amides is 2. The summed E-state index contributed by atoms with van der Waals surface area (Å²) in [4.78, 5) is 31.5. The summed E-state index contributed by atoms with van der Waals surface area (Å²) in [5, 5.41) is 22.9. The quantitative estimate of drug-likeness (QED) is 0.316. The summed E-state index contributed by atoms with van der Waals surface area (Å²) < 4.78 is 6.63. The highest BCUT2D eigenvalue weighted by molar-refractivity contribution is 6.27. The number of carbonyl (C=O) groups excluding carboxylic acids is 2. The molecular formula is C35H34N2O5. The highest BCUT2D eigenvalue weighted by Crippen LogP contribution is 2.58. The van der Waals surface area contributed by atoms with Crippen LogP contribution in [0.15, 0.2) is 84.9 Å². The average Bonchev–Trinajstić information content (AvgIpc) is 3.52. The van der Waals surface area contributed by atoms with Crippen LogP contribution in [0.3, 0.4) is 0 Å². The van der Waals surface area contributed by atoms with E-state index in [1.807, 2.05) is 91.9 Å². The molecule has 42 heavy (non-hydrogen) atoms. The number of aliphatic hydroxyl groups excluding tert-OH is 1. The first kappa shape index (κ1) is 26.8. The van der Waals surface area contributed by atoms with E-state index < -0.39 is 17.3 Å². The van der Waals surface area contributed by atoms with Gasteiger partial charge in [-0.3, -0.25) is 14.5 Å². The second-order valence-corrected chi connectivity index (χ2v) is 12.3. The lowest BCUT2D eigenvalue weighted by Crippen LogP contribution is -2.46. The summed E-state index contributed by atoms with van der Waals surface area (Å²) in [6.07, 6.45) is -0.146. The Morgan fingerprint density at radius 2 is 1.64 bits per heavy atom. The maximum absolute atomic E-state index is 14.5. The fraction of sp³-hybridized carbons (Fsp3) is 0.314. The second kappa shape index (κ2) is 9.49. The highest BCUT2D eigenvalue weighted by atomic mass is 16.5. The number of ether oxygens (including phenoxy) is 1. The number of fused-ring (bicyclic) bond motifs is 2. The Morgan fingerprint density at radius 1 is 0.929 bits per heavy atom. The first-order valence-corrected chi connectivity index (χ1v) is 14.5. The van der Waals surface area contributed by atoms with Crippen LogP contribution in [0.5, 0.6) is 0 Å². The van der Waals surface area contributed by atoms with Crippen LogP contribution in [0.4, 0.5) is 17.1 Å². The van der Waals surface area contributed by atoms with Crippen molar-refractivity contribution in [2.75, 3.05) is 16.4 Å². The fourth-order valence-corrected chi connectivity index (χ4v) is 7.73. The van der Waals surface area contributed by atoms with E-state index in [1.54, 1.807) is 23.6 Å². The van der Waals surface area contributed by atoms with E-state index in [2.05, 4.69) is 0 Å². The fourth-order valence-electron chi connectivity index (χ4n) is 7.73. The van der Waals surface area contributed by atoms with Gasteiger partial charge in [-0.25, -0.2) is 0 Å². The normalized spacial score (nSPS) is 24.8. The third-order valence-corrected chi connectivity index (χ3v) is 9.37. The van der Waals surface area contributed by atoms with Gasteiger partial charge >= 0.3 is 0 Å². The molecule has 4 aromatic rings. The van der Waals surface area contributed by atoms with Crippen LogP contribution in [-0.2, 0) is 21.7 Å². The molecule has 0 bridgehead atoms. The molecule has 2 amide bonds. The van der Waals surface area contributed by atoms with E-state index in [0.717, 1.165) is 39.0 Å². The lowest BCUT2D eigenvalue weighted by Gasteiger charge is -2.34. The zero-order valence-corrected chi connectivity index (χ0v) is 23.9. The maximum Gasteiger partial charge on any atom is 0.264 e. The Labute approximate surface area is 244 Å². The standard InChI is InChI=1S/C35H34N2O5/c1-21-31(34(2,3)41)29(17-18-38)42-35(21)26-14-4-5-15-27(26)36(33(35)40)20-22-9-6-12-24(19-22)37-28-16-8-11-23-10-7-13-25(30(23)28)32(37)39/h4-16,19,21,29,31,38,41H,17-18,20H2,1-3H3/t21-,29+,31-,35+/m0/s1. The van der Waals surface area contributed by atoms with Crippen molar-refractivity contribution in [3.8, 4) is 0 Å². The van der Waals surface area contributed by atoms with Gasteiger partial charge in [-0.05, 0) is 61.5 Å². The van der Waals surface area contributed by atoms with Gasteiger partial charge in [0.2, 0.25) is 0 Å². The van der Waals surface area contributed by atoms with E-state index in [1.165, 1.54) is 0 Å². The molecule has 0 unspecified atom stereocenters. The Balaban J connectivity index is 1.26. The first-order chi connectivity index (χ1) is 20.2. The summed E-state index contributed by atoms with van der Waals surface area (Å²) in [7, 11) is 0. The van der Waals surface area contributed by atoms with Crippen LogP contribution >= 0.6 is 0 Å². The molecule has 3 aliphatic rings. The molecule has 4 atom stereocenters. The van der Waals surface area contributed by atoms with Gasteiger partial charge in [0.15, 0.2) is 5.60 Å². The summed E-state index contributed by atoms with van der Waals surface area (Å²) in [5.74, 6) is -0.928. The van der Waals surface area contributed by atoms with Gasteiger partial charge in [0.05, 0.1) is 35.2 Å². The topological polar surface area (TPSA) is 90.3 Å². The van der Waals surface area contributed by atoms with Crippen LogP contribution in [0.1, 0.15) is 48.7 Å². The van der Waals surface area contributed by atoms with Crippen molar-refractivity contribution in [2.45, 2.75) is 51.0 Å². The number of aliphatic hydroxyl groups is 2. The zero-order chi connectivity index (χ0) is 29.4. The molecular weight excluding hydrogens is 528 g/mol. The Kier molecular flexibility index (Phi) is 6.06. The predicted molar refractivity (Wildman–Crippen MR) is 162 cm³/mol. The van der Waals surface area contributed by atoms with E-state index in [0.29, 0.717) is 18.5 Å². The molecule has 7 rings (SSSR count). The van der Waals surface area contributed by atoms with Gasteiger partial charge in [-0.1, -0.05) is 61.5 Å². The zero-order valence-electron chi connectivity index (χ0n) is 23.9. The molecule has 0 saturated carbocycles. The SMILES string of the molecule is C[C@H]1[C@H](C(C)(C)O)[C@@H](CCO)O[C@]12C(=O)N(Cc1cccc(N3C(=O)c4cccc5cccc3c45)c1)c1ccccc12. The summed E-state index contributed by atoms with van der Waals surface area (Å²) in [5.41, 5.74) is 2.34. The van der Waals surface area contributed by atoms with Gasteiger partial charge < -0.3 is 19.8 Å². The second-order valence-electron chi connectivity index (χ2n) is 12.3. The highest BCUT2D eigenvalue weighted by Gasteiger charge is 2.65. The molecule has 1 spiro atoms. The summed E-state index contributed by atoms with van der Waals surface area (Å²) >= 11 is 0.